The summed E-state index contributed by atoms with van der Waals surface area (Å²) in [4.78, 5) is 12.1. The van der Waals surface area contributed by atoms with Crippen molar-refractivity contribution in [3.8, 4) is 5.75 Å². The van der Waals surface area contributed by atoms with Crippen LogP contribution in [0.4, 0.5) is 0 Å². The molecule has 0 aromatic heterocycles. The summed E-state index contributed by atoms with van der Waals surface area (Å²) in [5.41, 5.74) is 0.577. The number of ether oxygens (including phenoxy) is 2. The first kappa shape index (κ1) is 15.8. The van der Waals surface area contributed by atoms with E-state index in [2.05, 4.69) is 5.32 Å². The molecule has 0 saturated heterocycles. The molecule has 21 heavy (non-hydrogen) atoms. The van der Waals surface area contributed by atoms with E-state index in [4.69, 9.17) is 9.47 Å². The van der Waals surface area contributed by atoms with E-state index in [9.17, 15) is 4.79 Å². The van der Waals surface area contributed by atoms with Crippen LogP contribution in [0.2, 0.25) is 0 Å². The van der Waals surface area contributed by atoms with Crippen LogP contribution >= 0.6 is 0 Å². The first-order valence-corrected chi connectivity index (χ1v) is 7.84. The van der Waals surface area contributed by atoms with E-state index in [-0.39, 0.29) is 5.91 Å². The lowest BCUT2D eigenvalue weighted by Gasteiger charge is -2.21. The van der Waals surface area contributed by atoms with E-state index in [1.807, 2.05) is 12.1 Å². The number of carbonyl (C=O) groups excluding carboxylic acids is 1. The van der Waals surface area contributed by atoms with Gasteiger partial charge in [-0.2, -0.15) is 0 Å². The fourth-order valence-corrected chi connectivity index (χ4v) is 2.68. The Labute approximate surface area is 126 Å². The van der Waals surface area contributed by atoms with E-state index in [1.165, 1.54) is 32.1 Å². The van der Waals surface area contributed by atoms with Gasteiger partial charge >= 0.3 is 0 Å². The SMILES string of the molecule is COc1ccccc1C(=O)NCCCOC1CCCCC1. The van der Waals surface area contributed by atoms with Crippen LogP contribution in [0.3, 0.4) is 0 Å². The van der Waals surface area contributed by atoms with E-state index < -0.39 is 0 Å². The van der Waals surface area contributed by atoms with Crippen molar-refractivity contribution in [3.05, 3.63) is 29.8 Å². The number of methoxy groups -OCH3 is 1. The molecule has 1 aliphatic carbocycles. The Morgan fingerprint density at radius 3 is 2.76 bits per heavy atom. The van der Waals surface area contributed by atoms with Gasteiger partial charge in [-0.05, 0) is 31.4 Å². The molecule has 1 saturated carbocycles. The molecule has 0 aliphatic heterocycles. The first-order valence-electron chi connectivity index (χ1n) is 7.84. The van der Waals surface area contributed by atoms with Crippen LogP contribution in [0.1, 0.15) is 48.9 Å². The minimum atomic E-state index is -0.0925. The quantitative estimate of drug-likeness (QED) is 0.785. The highest BCUT2D eigenvalue weighted by atomic mass is 16.5. The highest BCUT2D eigenvalue weighted by Crippen LogP contribution is 2.20. The summed E-state index contributed by atoms with van der Waals surface area (Å²) in [7, 11) is 1.57. The second kappa shape index (κ2) is 8.67. The zero-order chi connectivity index (χ0) is 14.9. The average Bonchev–Trinajstić information content (AvgIpc) is 2.55. The summed E-state index contributed by atoms with van der Waals surface area (Å²) in [6.07, 6.45) is 7.57. The number of benzene rings is 1. The molecule has 1 aromatic carbocycles. The Morgan fingerprint density at radius 1 is 1.24 bits per heavy atom. The molecular formula is C17H25NO3. The molecule has 0 bridgehead atoms. The molecule has 1 fully saturated rings. The molecule has 1 N–H and O–H groups in total. The summed E-state index contributed by atoms with van der Waals surface area (Å²) >= 11 is 0. The van der Waals surface area contributed by atoms with E-state index in [0.29, 0.717) is 24.0 Å². The molecule has 0 atom stereocenters. The topological polar surface area (TPSA) is 47.6 Å². The molecule has 1 amide bonds. The molecule has 0 radical (unpaired) electrons. The molecule has 4 nitrogen and oxygen atoms in total. The average molecular weight is 291 g/mol. The van der Waals surface area contributed by atoms with Gasteiger partial charge in [-0.25, -0.2) is 0 Å². The molecular weight excluding hydrogens is 266 g/mol. The third-order valence-electron chi connectivity index (χ3n) is 3.86. The number of carbonyl (C=O) groups is 1. The third kappa shape index (κ3) is 5.05. The number of hydrogen-bond donors (Lipinski definition) is 1. The van der Waals surface area contributed by atoms with Crippen molar-refractivity contribution >= 4 is 5.91 Å². The van der Waals surface area contributed by atoms with Crippen LogP contribution in [-0.4, -0.2) is 32.3 Å². The predicted molar refractivity (Wildman–Crippen MR) is 82.8 cm³/mol. The largest absolute Gasteiger partial charge is 0.496 e. The molecule has 2 rings (SSSR count). The lowest BCUT2D eigenvalue weighted by Crippen LogP contribution is -2.26. The highest BCUT2D eigenvalue weighted by molar-refractivity contribution is 5.96. The summed E-state index contributed by atoms with van der Waals surface area (Å²) in [6, 6.07) is 7.26. The number of hydrogen-bond acceptors (Lipinski definition) is 3. The highest BCUT2D eigenvalue weighted by Gasteiger charge is 2.13. The minimum Gasteiger partial charge on any atom is -0.496 e. The predicted octanol–water partition coefficient (Wildman–Crippen LogP) is 3.16. The van der Waals surface area contributed by atoms with Gasteiger partial charge < -0.3 is 14.8 Å². The third-order valence-corrected chi connectivity index (χ3v) is 3.86. The number of rotatable bonds is 7. The van der Waals surface area contributed by atoms with Crippen molar-refractivity contribution < 1.29 is 14.3 Å². The first-order chi connectivity index (χ1) is 10.3. The summed E-state index contributed by atoms with van der Waals surface area (Å²) < 4.78 is 11.0. The Kier molecular flexibility index (Phi) is 6.54. The normalized spacial score (nSPS) is 15.7. The summed E-state index contributed by atoms with van der Waals surface area (Å²) in [5, 5.41) is 2.91. The van der Waals surface area contributed by atoms with Crippen molar-refractivity contribution in [3.63, 3.8) is 0 Å². The maximum atomic E-state index is 12.1. The van der Waals surface area contributed by atoms with E-state index in [1.54, 1.807) is 19.2 Å². The van der Waals surface area contributed by atoms with Crippen molar-refractivity contribution in [2.45, 2.75) is 44.6 Å². The zero-order valence-electron chi connectivity index (χ0n) is 12.8. The summed E-state index contributed by atoms with van der Waals surface area (Å²) in [5.74, 6) is 0.513. The lowest BCUT2D eigenvalue weighted by atomic mass is 9.98. The Morgan fingerprint density at radius 2 is 2.00 bits per heavy atom. The minimum absolute atomic E-state index is 0.0925. The standard InChI is InChI=1S/C17H25NO3/c1-20-16-11-6-5-10-15(16)17(19)18-12-7-13-21-14-8-3-2-4-9-14/h5-6,10-11,14H,2-4,7-9,12-13H2,1H3,(H,18,19). The molecule has 4 heteroatoms. The second-order valence-electron chi connectivity index (χ2n) is 5.44. The second-order valence-corrected chi connectivity index (χ2v) is 5.44. The van der Waals surface area contributed by atoms with Crippen molar-refractivity contribution in [1.82, 2.24) is 5.32 Å². The molecule has 0 heterocycles. The van der Waals surface area contributed by atoms with Crippen molar-refractivity contribution in [2.24, 2.45) is 0 Å². The Hall–Kier alpha value is -1.55. The van der Waals surface area contributed by atoms with E-state index >= 15 is 0 Å². The van der Waals surface area contributed by atoms with Crippen molar-refractivity contribution in [2.75, 3.05) is 20.3 Å². The fraction of sp³-hybridized carbons (Fsp3) is 0.588. The maximum absolute atomic E-state index is 12.1. The smallest absolute Gasteiger partial charge is 0.255 e. The van der Waals surface area contributed by atoms with Gasteiger partial charge in [-0.15, -0.1) is 0 Å². The van der Waals surface area contributed by atoms with Gasteiger partial charge in [-0.3, -0.25) is 4.79 Å². The van der Waals surface area contributed by atoms with Crippen LogP contribution < -0.4 is 10.1 Å². The number of nitrogens with one attached hydrogen (secondary N) is 1. The maximum Gasteiger partial charge on any atom is 0.255 e. The summed E-state index contributed by atoms with van der Waals surface area (Å²) in [6.45, 7) is 1.35. The van der Waals surface area contributed by atoms with Crippen LogP contribution in [0.15, 0.2) is 24.3 Å². The lowest BCUT2D eigenvalue weighted by molar-refractivity contribution is 0.0273. The van der Waals surface area contributed by atoms with Gasteiger partial charge in [0.2, 0.25) is 0 Å². The van der Waals surface area contributed by atoms with Crippen LogP contribution in [-0.2, 0) is 4.74 Å². The number of amides is 1. The monoisotopic (exact) mass is 291 g/mol. The molecule has 1 aliphatic rings. The van der Waals surface area contributed by atoms with Gasteiger partial charge in [0.15, 0.2) is 0 Å². The van der Waals surface area contributed by atoms with Crippen LogP contribution in [0.5, 0.6) is 5.75 Å². The van der Waals surface area contributed by atoms with Gasteiger partial charge in [0.05, 0.1) is 18.8 Å². The van der Waals surface area contributed by atoms with Gasteiger partial charge in [0.25, 0.3) is 5.91 Å². The molecule has 116 valence electrons. The zero-order valence-corrected chi connectivity index (χ0v) is 12.8. The van der Waals surface area contributed by atoms with Crippen molar-refractivity contribution in [1.29, 1.82) is 0 Å². The van der Waals surface area contributed by atoms with Gasteiger partial charge in [0.1, 0.15) is 5.75 Å². The molecule has 0 unspecified atom stereocenters. The van der Waals surface area contributed by atoms with Gasteiger partial charge in [0, 0.05) is 13.2 Å². The van der Waals surface area contributed by atoms with Crippen LogP contribution in [0, 0.1) is 0 Å². The number of para-hydroxylation sites is 1. The Bertz CT molecular complexity index is 441. The van der Waals surface area contributed by atoms with E-state index in [0.717, 1.165) is 13.0 Å². The Balaban J connectivity index is 1.65. The van der Waals surface area contributed by atoms with Gasteiger partial charge in [-0.1, -0.05) is 31.4 Å². The fourth-order valence-electron chi connectivity index (χ4n) is 2.68. The van der Waals surface area contributed by atoms with Crippen LogP contribution in [0.25, 0.3) is 0 Å². The molecule has 0 spiro atoms. The molecule has 1 aromatic rings.